The van der Waals surface area contributed by atoms with Gasteiger partial charge in [0.2, 0.25) is 5.91 Å². The van der Waals surface area contributed by atoms with E-state index in [2.05, 4.69) is 15.4 Å². The van der Waals surface area contributed by atoms with Crippen LogP contribution >= 0.6 is 0 Å². The molecule has 1 N–H and O–H groups in total. The Balaban J connectivity index is 1.87. The molecule has 0 aromatic carbocycles. The minimum atomic E-state index is 0.0501. The maximum Gasteiger partial charge on any atom is 0.217 e. The summed E-state index contributed by atoms with van der Waals surface area (Å²) >= 11 is 0. The van der Waals surface area contributed by atoms with Gasteiger partial charge in [-0.3, -0.25) is 9.69 Å². The molecular formula is C12H19N3O2. The quantitative estimate of drug-likeness (QED) is 0.854. The van der Waals surface area contributed by atoms with Crippen LogP contribution in [0.1, 0.15) is 31.2 Å². The molecule has 1 aliphatic rings. The van der Waals surface area contributed by atoms with E-state index in [1.165, 1.54) is 0 Å². The van der Waals surface area contributed by atoms with E-state index < -0.39 is 0 Å². The number of hydrogen-bond acceptors (Lipinski definition) is 4. The molecule has 1 saturated heterocycles. The maximum absolute atomic E-state index is 11.0. The lowest BCUT2D eigenvalue weighted by atomic mass is 10.1. The first-order valence-corrected chi connectivity index (χ1v) is 6.05. The lowest BCUT2D eigenvalue weighted by Crippen LogP contribution is -2.46. The monoisotopic (exact) mass is 237 g/mol. The number of carbonyl (C=O) groups is 1. The highest BCUT2D eigenvalue weighted by Crippen LogP contribution is 2.13. The predicted molar refractivity (Wildman–Crippen MR) is 63.4 cm³/mol. The molecule has 1 aromatic heterocycles. The molecule has 17 heavy (non-hydrogen) atoms. The van der Waals surface area contributed by atoms with Crippen LogP contribution in [-0.2, 0) is 11.3 Å². The number of amides is 1. The largest absolute Gasteiger partial charge is 0.361 e. The van der Waals surface area contributed by atoms with Crippen molar-refractivity contribution >= 4 is 5.91 Å². The van der Waals surface area contributed by atoms with Gasteiger partial charge < -0.3 is 9.84 Å². The van der Waals surface area contributed by atoms with Crippen molar-refractivity contribution < 1.29 is 9.32 Å². The first kappa shape index (κ1) is 12.1. The average Bonchev–Trinajstić information content (AvgIpc) is 2.63. The van der Waals surface area contributed by atoms with Gasteiger partial charge in [-0.15, -0.1) is 0 Å². The Labute approximate surface area is 101 Å². The van der Waals surface area contributed by atoms with E-state index in [1.807, 2.05) is 13.0 Å². The molecule has 1 aliphatic heterocycles. The maximum atomic E-state index is 11.0. The van der Waals surface area contributed by atoms with Gasteiger partial charge in [0.05, 0.1) is 5.69 Å². The Bertz CT molecular complexity index is 389. The predicted octanol–water partition coefficient (Wildman–Crippen LogP) is 1.08. The molecule has 1 amide bonds. The second-order valence-electron chi connectivity index (χ2n) is 4.70. The number of hydrogen-bond donors (Lipinski definition) is 1. The van der Waals surface area contributed by atoms with Crippen LogP contribution in [0.4, 0.5) is 0 Å². The van der Waals surface area contributed by atoms with Crippen molar-refractivity contribution in [2.24, 2.45) is 0 Å². The molecule has 2 heterocycles. The van der Waals surface area contributed by atoms with Gasteiger partial charge in [0.15, 0.2) is 0 Å². The number of nitrogens with zero attached hydrogens (tertiary/aromatic N) is 2. The van der Waals surface area contributed by atoms with Crippen molar-refractivity contribution in [3.63, 3.8) is 0 Å². The molecule has 1 atom stereocenters. The highest BCUT2D eigenvalue weighted by molar-refractivity contribution is 5.73. The van der Waals surface area contributed by atoms with E-state index >= 15 is 0 Å². The van der Waals surface area contributed by atoms with Crippen molar-refractivity contribution in [3.8, 4) is 0 Å². The second-order valence-corrected chi connectivity index (χ2v) is 4.70. The third-order valence-electron chi connectivity index (χ3n) is 2.98. The highest BCUT2D eigenvalue weighted by atomic mass is 16.5. The van der Waals surface area contributed by atoms with Crippen molar-refractivity contribution in [2.75, 3.05) is 13.1 Å². The fourth-order valence-electron chi connectivity index (χ4n) is 2.33. The molecule has 1 fully saturated rings. The Morgan fingerprint density at radius 3 is 3.18 bits per heavy atom. The Kier molecular flexibility index (Phi) is 3.78. The minimum absolute atomic E-state index is 0.0501. The van der Waals surface area contributed by atoms with E-state index in [-0.39, 0.29) is 11.9 Å². The molecule has 0 saturated carbocycles. The van der Waals surface area contributed by atoms with Crippen LogP contribution in [0.25, 0.3) is 0 Å². The number of carbonyl (C=O) groups excluding carboxylic acids is 1. The molecule has 2 rings (SSSR count). The summed E-state index contributed by atoms with van der Waals surface area (Å²) in [4.78, 5) is 13.3. The van der Waals surface area contributed by atoms with Gasteiger partial charge in [0, 0.05) is 32.1 Å². The molecule has 1 unspecified atom stereocenters. The van der Waals surface area contributed by atoms with E-state index in [9.17, 15) is 4.79 Å². The van der Waals surface area contributed by atoms with Crippen LogP contribution in [0.5, 0.6) is 0 Å². The normalized spacial score (nSPS) is 21.4. The smallest absolute Gasteiger partial charge is 0.217 e. The van der Waals surface area contributed by atoms with Crippen LogP contribution < -0.4 is 5.32 Å². The third kappa shape index (κ3) is 3.56. The van der Waals surface area contributed by atoms with Gasteiger partial charge in [-0.05, 0) is 26.3 Å². The van der Waals surface area contributed by atoms with Crippen molar-refractivity contribution in [2.45, 2.75) is 39.3 Å². The first-order valence-electron chi connectivity index (χ1n) is 6.05. The Morgan fingerprint density at radius 1 is 1.71 bits per heavy atom. The van der Waals surface area contributed by atoms with Crippen LogP contribution in [0, 0.1) is 6.92 Å². The highest BCUT2D eigenvalue weighted by Gasteiger charge is 2.21. The number of rotatable bonds is 3. The first-order chi connectivity index (χ1) is 8.13. The van der Waals surface area contributed by atoms with Crippen molar-refractivity contribution in [3.05, 3.63) is 17.5 Å². The topological polar surface area (TPSA) is 58.4 Å². The summed E-state index contributed by atoms with van der Waals surface area (Å²) in [5.74, 6) is 0.893. The summed E-state index contributed by atoms with van der Waals surface area (Å²) in [6.07, 6.45) is 2.18. The zero-order chi connectivity index (χ0) is 12.3. The standard InChI is InChI=1S/C12H19N3O2/c1-9-6-12(14-17-9)8-15-5-3-4-11(7-15)13-10(2)16/h6,11H,3-5,7-8H2,1-2H3,(H,13,16). The van der Waals surface area contributed by atoms with Crippen LogP contribution in [0.15, 0.2) is 10.6 Å². The molecule has 1 aromatic rings. The number of piperidine rings is 1. The van der Waals surface area contributed by atoms with E-state index in [0.29, 0.717) is 0 Å². The SMILES string of the molecule is CC(=O)NC1CCCN(Cc2cc(C)on2)C1. The zero-order valence-corrected chi connectivity index (χ0v) is 10.4. The molecule has 5 heteroatoms. The summed E-state index contributed by atoms with van der Waals surface area (Å²) in [6.45, 7) is 6.22. The molecule has 0 radical (unpaired) electrons. The van der Waals surface area contributed by atoms with Crippen LogP contribution in [0.2, 0.25) is 0 Å². The van der Waals surface area contributed by atoms with Gasteiger partial charge >= 0.3 is 0 Å². The van der Waals surface area contributed by atoms with Crippen molar-refractivity contribution in [1.82, 2.24) is 15.4 Å². The summed E-state index contributed by atoms with van der Waals surface area (Å²) < 4.78 is 5.05. The van der Waals surface area contributed by atoms with Crippen LogP contribution in [0.3, 0.4) is 0 Å². The lowest BCUT2D eigenvalue weighted by Gasteiger charge is -2.32. The number of aromatic nitrogens is 1. The van der Waals surface area contributed by atoms with Gasteiger partial charge in [0.1, 0.15) is 5.76 Å². The number of aryl methyl sites for hydroxylation is 1. The minimum Gasteiger partial charge on any atom is -0.361 e. The Hall–Kier alpha value is -1.36. The average molecular weight is 237 g/mol. The number of likely N-dealkylation sites (tertiary alicyclic amines) is 1. The fraction of sp³-hybridized carbons (Fsp3) is 0.667. The van der Waals surface area contributed by atoms with Crippen LogP contribution in [-0.4, -0.2) is 35.1 Å². The van der Waals surface area contributed by atoms with Crippen molar-refractivity contribution in [1.29, 1.82) is 0 Å². The van der Waals surface area contributed by atoms with Gasteiger partial charge in [-0.25, -0.2) is 0 Å². The molecule has 5 nitrogen and oxygen atoms in total. The summed E-state index contributed by atoms with van der Waals surface area (Å²) in [5, 5.41) is 6.97. The van der Waals surface area contributed by atoms with Gasteiger partial charge in [0.25, 0.3) is 0 Å². The Morgan fingerprint density at radius 2 is 2.53 bits per heavy atom. The number of nitrogens with one attached hydrogen (secondary N) is 1. The summed E-state index contributed by atoms with van der Waals surface area (Å²) in [6, 6.07) is 2.23. The lowest BCUT2D eigenvalue weighted by molar-refractivity contribution is -0.120. The molecule has 94 valence electrons. The molecule has 0 bridgehead atoms. The fourth-order valence-corrected chi connectivity index (χ4v) is 2.33. The van der Waals surface area contributed by atoms with E-state index in [4.69, 9.17) is 4.52 Å². The zero-order valence-electron chi connectivity index (χ0n) is 10.4. The van der Waals surface area contributed by atoms with Gasteiger partial charge in [-0.1, -0.05) is 5.16 Å². The summed E-state index contributed by atoms with van der Waals surface area (Å²) in [5.41, 5.74) is 0.964. The molecule has 0 spiro atoms. The third-order valence-corrected chi connectivity index (χ3v) is 2.98. The van der Waals surface area contributed by atoms with E-state index in [0.717, 1.165) is 43.9 Å². The molecule has 0 aliphatic carbocycles. The van der Waals surface area contributed by atoms with Gasteiger partial charge in [-0.2, -0.15) is 0 Å². The van der Waals surface area contributed by atoms with E-state index in [1.54, 1.807) is 6.92 Å². The summed E-state index contributed by atoms with van der Waals surface area (Å²) in [7, 11) is 0. The molecular weight excluding hydrogens is 218 g/mol. The second kappa shape index (κ2) is 5.31.